The van der Waals surface area contributed by atoms with E-state index in [4.69, 9.17) is 4.74 Å². The molecule has 1 unspecified atom stereocenters. The zero-order chi connectivity index (χ0) is 16.3. The summed E-state index contributed by atoms with van der Waals surface area (Å²) in [5.74, 6) is -0.0208. The summed E-state index contributed by atoms with van der Waals surface area (Å²) in [4.78, 5) is 24.7. The van der Waals surface area contributed by atoms with Crippen molar-refractivity contribution in [3.8, 4) is 0 Å². The lowest BCUT2D eigenvalue weighted by Crippen LogP contribution is -2.50. The van der Waals surface area contributed by atoms with Gasteiger partial charge in [-0.3, -0.25) is 4.79 Å². The molecule has 0 saturated carbocycles. The van der Waals surface area contributed by atoms with Gasteiger partial charge in [0.25, 0.3) is 0 Å². The number of hydrogen-bond donors (Lipinski definition) is 1. The zero-order valence-electron chi connectivity index (χ0n) is 13.9. The van der Waals surface area contributed by atoms with E-state index >= 15 is 0 Å². The lowest BCUT2D eigenvalue weighted by Gasteiger charge is -2.31. The Kier molecular flexibility index (Phi) is 5.37. The van der Waals surface area contributed by atoms with Gasteiger partial charge < -0.3 is 10.1 Å². The molecule has 4 heteroatoms. The molecule has 0 saturated heterocycles. The second-order valence-corrected chi connectivity index (χ2v) is 7.45. The highest BCUT2D eigenvalue weighted by atomic mass is 16.6. The van der Waals surface area contributed by atoms with Gasteiger partial charge in [-0.05, 0) is 27.2 Å². The molecule has 0 heterocycles. The number of ether oxygens (including phenoxy) is 1. The highest BCUT2D eigenvalue weighted by Gasteiger charge is 2.36. The van der Waals surface area contributed by atoms with Crippen LogP contribution in [0.25, 0.3) is 0 Å². The Balaban J connectivity index is 2.87. The van der Waals surface area contributed by atoms with Gasteiger partial charge >= 0.3 is 6.09 Å². The molecule has 118 valence electrons. The number of amides is 1. The summed E-state index contributed by atoms with van der Waals surface area (Å²) in [6.07, 6.45) is 8.01. The van der Waals surface area contributed by atoms with E-state index in [2.05, 4.69) is 5.32 Å². The molecule has 0 bridgehead atoms. The Bertz CT molecular complexity index is 450. The third-order valence-corrected chi connectivity index (χ3v) is 3.14. The van der Waals surface area contributed by atoms with Crippen LogP contribution in [0.15, 0.2) is 24.3 Å². The monoisotopic (exact) mass is 293 g/mol. The topological polar surface area (TPSA) is 55.4 Å². The summed E-state index contributed by atoms with van der Waals surface area (Å²) in [6.45, 7) is 11.0. The fourth-order valence-corrected chi connectivity index (χ4v) is 2.11. The van der Waals surface area contributed by atoms with Crippen LogP contribution in [0.3, 0.4) is 0 Å². The van der Waals surface area contributed by atoms with Crippen LogP contribution in [-0.4, -0.2) is 23.5 Å². The molecule has 0 radical (unpaired) electrons. The number of ketones is 1. The Morgan fingerprint density at radius 2 is 1.76 bits per heavy atom. The van der Waals surface area contributed by atoms with Crippen molar-refractivity contribution in [1.29, 1.82) is 0 Å². The molecule has 1 N–H and O–H groups in total. The van der Waals surface area contributed by atoms with Gasteiger partial charge in [0.2, 0.25) is 0 Å². The summed E-state index contributed by atoms with van der Waals surface area (Å²) in [5, 5.41) is 2.75. The summed E-state index contributed by atoms with van der Waals surface area (Å²) in [6, 6.07) is -0.568. The molecule has 0 spiro atoms. The van der Waals surface area contributed by atoms with Crippen molar-refractivity contribution < 1.29 is 14.3 Å². The molecule has 2 atom stereocenters. The van der Waals surface area contributed by atoms with Crippen LogP contribution in [0, 0.1) is 11.3 Å². The summed E-state index contributed by atoms with van der Waals surface area (Å²) >= 11 is 0. The van der Waals surface area contributed by atoms with Crippen LogP contribution in [0.5, 0.6) is 0 Å². The van der Waals surface area contributed by atoms with Crippen LogP contribution in [0.2, 0.25) is 0 Å². The molecule has 0 aliphatic heterocycles. The van der Waals surface area contributed by atoms with Gasteiger partial charge in [-0.1, -0.05) is 45.1 Å². The van der Waals surface area contributed by atoms with Gasteiger partial charge in [-0.2, -0.15) is 0 Å². The van der Waals surface area contributed by atoms with E-state index in [1.165, 1.54) is 0 Å². The van der Waals surface area contributed by atoms with Gasteiger partial charge in [-0.25, -0.2) is 4.79 Å². The minimum atomic E-state index is -0.582. The lowest BCUT2D eigenvalue weighted by molar-refractivity contribution is -0.129. The highest BCUT2D eigenvalue weighted by Crippen LogP contribution is 2.25. The number of carbonyl (C=O) groups is 2. The van der Waals surface area contributed by atoms with Crippen LogP contribution >= 0.6 is 0 Å². The Morgan fingerprint density at radius 1 is 1.14 bits per heavy atom. The van der Waals surface area contributed by atoms with E-state index in [9.17, 15) is 9.59 Å². The second kappa shape index (κ2) is 6.46. The summed E-state index contributed by atoms with van der Waals surface area (Å²) < 4.78 is 5.28. The molecular formula is C17H27NO3. The third-order valence-electron chi connectivity index (χ3n) is 3.14. The minimum absolute atomic E-state index is 0.0123. The molecule has 0 fully saturated rings. The predicted octanol–water partition coefficient (Wildman–Crippen LogP) is 3.63. The Hall–Kier alpha value is -1.58. The van der Waals surface area contributed by atoms with E-state index in [1.807, 2.05) is 45.1 Å². The maximum absolute atomic E-state index is 12.6. The SMILES string of the molecule is CC(C)(C)OC(=O)N[C@H](C(=O)C(C)(C)C)C1C=CC=CC1. The van der Waals surface area contributed by atoms with Crippen molar-refractivity contribution >= 4 is 11.9 Å². The maximum Gasteiger partial charge on any atom is 0.408 e. The van der Waals surface area contributed by atoms with Gasteiger partial charge in [0.1, 0.15) is 5.60 Å². The number of rotatable bonds is 3. The first kappa shape index (κ1) is 17.5. The summed E-state index contributed by atoms with van der Waals surface area (Å²) in [7, 11) is 0. The average Bonchev–Trinajstić information content (AvgIpc) is 2.33. The van der Waals surface area contributed by atoms with Crippen molar-refractivity contribution in [2.75, 3.05) is 0 Å². The molecule has 1 rings (SSSR count). The number of carbonyl (C=O) groups excluding carboxylic acids is 2. The first-order valence-electron chi connectivity index (χ1n) is 7.38. The maximum atomic E-state index is 12.6. The first-order valence-corrected chi connectivity index (χ1v) is 7.38. The molecule has 1 aliphatic carbocycles. The van der Waals surface area contributed by atoms with Crippen molar-refractivity contribution in [2.24, 2.45) is 11.3 Å². The van der Waals surface area contributed by atoms with E-state index < -0.39 is 23.2 Å². The van der Waals surface area contributed by atoms with Gasteiger partial charge in [0, 0.05) is 11.3 Å². The number of Topliss-reactive ketones (excluding diaryl/α,β-unsaturated/α-hetero) is 1. The predicted molar refractivity (Wildman–Crippen MR) is 84.0 cm³/mol. The molecule has 1 aliphatic rings. The zero-order valence-corrected chi connectivity index (χ0v) is 13.9. The molecule has 0 aromatic heterocycles. The Labute approximate surface area is 127 Å². The molecule has 1 amide bonds. The van der Waals surface area contributed by atoms with Crippen molar-refractivity contribution in [3.63, 3.8) is 0 Å². The molecule has 21 heavy (non-hydrogen) atoms. The molecular weight excluding hydrogens is 266 g/mol. The quantitative estimate of drug-likeness (QED) is 0.864. The normalized spacial score (nSPS) is 20.0. The second-order valence-electron chi connectivity index (χ2n) is 7.45. The summed E-state index contributed by atoms with van der Waals surface area (Å²) in [5.41, 5.74) is -1.10. The number of alkyl carbamates (subject to hydrolysis) is 1. The van der Waals surface area contributed by atoms with Gasteiger partial charge in [0.15, 0.2) is 5.78 Å². The van der Waals surface area contributed by atoms with Gasteiger partial charge in [0.05, 0.1) is 6.04 Å². The highest BCUT2D eigenvalue weighted by molar-refractivity contribution is 5.91. The van der Waals surface area contributed by atoms with E-state index in [-0.39, 0.29) is 11.7 Å². The number of allylic oxidation sites excluding steroid dienone is 3. The first-order chi connectivity index (χ1) is 9.50. The van der Waals surface area contributed by atoms with Crippen LogP contribution in [0.4, 0.5) is 4.79 Å². The molecule has 0 aromatic carbocycles. The minimum Gasteiger partial charge on any atom is -0.444 e. The van der Waals surface area contributed by atoms with E-state index in [0.29, 0.717) is 0 Å². The van der Waals surface area contributed by atoms with Crippen LogP contribution < -0.4 is 5.32 Å². The lowest BCUT2D eigenvalue weighted by atomic mass is 9.79. The molecule has 0 aromatic rings. The Morgan fingerprint density at radius 3 is 2.19 bits per heavy atom. The van der Waals surface area contributed by atoms with Crippen LogP contribution in [-0.2, 0) is 9.53 Å². The van der Waals surface area contributed by atoms with Gasteiger partial charge in [-0.15, -0.1) is 0 Å². The van der Waals surface area contributed by atoms with Crippen molar-refractivity contribution in [1.82, 2.24) is 5.32 Å². The third kappa shape index (κ3) is 5.74. The fraction of sp³-hybridized carbons (Fsp3) is 0.647. The standard InChI is InChI=1S/C17H27NO3/c1-16(2,3)14(19)13(12-10-8-7-9-11-12)18-15(20)21-17(4,5)6/h7-10,12-13H,11H2,1-6H3,(H,18,20)/t12?,13-/m0/s1. The smallest absolute Gasteiger partial charge is 0.408 e. The number of nitrogens with one attached hydrogen (secondary N) is 1. The molecule has 4 nitrogen and oxygen atoms in total. The average molecular weight is 293 g/mol. The van der Waals surface area contributed by atoms with Crippen molar-refractivity contribution in [2.45, 2.75) is 59.6 Å². The van der Waals surface area contributed by atoms with Crippen LogP contribution in [0.1, 0.15) is 48.0 Å². The van der Waals surface area contributed by atoms with E-state index in [0.717, 1.165) is 6.42 Å². The number of hydrogen-bond acceptors (Lipinski definition) is 3. The van der Waals surface area contributed by atoms with Crippen molar-refractivity contribution in [3.05, 3.63) is 24.3 Å². The fourth-order valence-electron chi connectivity index (χ4n) is 2.11. The largest absolute Gasteiger partial charge is 0.444 e. The van der Waals surface area contributed by atoms with E-state index in [1.54, 1.807) is 20.8 Å².